The molecule has 1 aromatic rings. The summed E-state index contributed by atoms with van der Waals surface area (Å²) in [6, 6.07) is 5.40. The predicted octanol–water partition coefficient (Wildman–Crippen LogP) is 4.61. The summed E-state index contributed by atoms with van der Waals surface area (Å²) in [4.78, 5) is 6.21. The SMILES string of the molecule is C=CC1=C(N=C)CCN(C(C)c2ccc(C(F)(F)F)cc2)C1. The number of alkyl halides is 3. The molecule has 1 atom stereocenters. The van der Waals surface area contributed by atoms with Crippen molar-refractivity contribution in [2.45, 2.75) is 25.6 Å². The van der Waals surface area contributed by atoms with Crippen molar-refractivity contribution in [3.8, 4) is 0 Å². The van der Waals surface area contributed by atoms with Crippen molar-refractivity contribution in [2.75, 3.05) is 13.1 Å². The van der Waals surface area contributed by atoms with Crippen LogP contribution in [0.25, 0.3) is 0 Å². The molecule has 0 saturated carbocycles. The second-order valence-electron chi connectivity index (χ2n) is 5.35. The first-order valence-corrected chi connectivity index (χ1v) is 7.09. The van der Waals surface area contributed by atoms with Gasteiger partial charge in [0.2, 0.25) is 0 Å². The molecule has 0 bridgehead atoms. The number of halogens is 3. The number of rotatable bonds is 4. The van der Waals surface area contributed by atoms with E-state index in [0.717, 1.165) is 41.9 Å². The molecule has 22 heavy (non-hydrogen) atoms. The molecule has 0 N–H and O–H groups in total. The molecule has 0 aromatic heterocycles. The van der Waals surface area contributed by atoms with Gasteiger partial charge in [-0.1, -0.05) is 24.8 Å². The number of aliphatic imine (C=N–C) groups is 1. The van der Waals surface area contributed by atoms with Gasteiger partial charge in [0, 0.05) is 31.2 Å². The molecule has 0 amide bonds. The Bertz CT molecular complexity index is 585. The van der Waals surface area contributed by atoms with Gasteiger partial charge < -0.3 is 0 Å². The molecule has 0 fully saturated rings. The van der Waals surface area contributed by atoms with E-state index in [9.17, 15) is 13.2 Å². The zero-order valence-electron chi connectivity index (χ0n) is 12.5. The molecule has 1 heterocycles. The summed E-state index contributed by atoms with van der Waals surface area (Å²) in [5.41, 5.74) is 2.23. The molecule has 0 spiro atoms. The summed E-state index contributed by atoms with van der Waals surface area (Å²) in [6.07, 6.45) is -1.75. The van der Waals surface area contributed by atoms with E-state index in [1.807, 2.05) is 6.92 Å². The number of benzene rings is 1. The zero-order valence-corrected chi connectivity index (χ0v) is 12.5. The third-order valence-electron chi connectivity index (χ3n) is 4.09. The summed E-state index contributed by atoms with van der Waals surface area (Å²) < 4.78 is 37.8. The van der Waals surface area contributed by atoms with E-state index in [-0.39, 0.29) is 6.04 Å². The van der Waals surface area contributed by atoms with Crippen LogP contribution in [0.5, 0.6) is 0 Å². The van der Waals surface area contributed by atoms with E-state index in [4.69, 9.17) is 0 Å². The monoisotopic (exact) mass is 308 g/mol. The lowest BCUT2D eigenvalue weighted by Gasteiger charge is -2.33. The highest BCUT2D eigenvalue weighted by atomic mass is 19.4. The van der Waals surface area contributed by atoms with E-state index < -0.39 is 11.7 Å². The Morgan fingerprint density at radius 1 is 1.27 bits per heavy atom. The summed E-state index contributed by atoms with van der Waals surface area (Å²) in [5.74, 6) is 0. The first-order chi connectivity index (χ1) is 10.4. The maximum absolute atomic E-state index is 12.6. The third kappa shape index (κ3) is 3.47. The largest absolute Gasteiger partial charge is 0.416 e. The van der Waals surface area contributed by atoms with Gasteiger partial charge in [-0.25, -0.2) is 0 Å². The Balaban J connectivity index is 2.16. The highest BCUT2D eigenvalue weighted by Gasteiger charge is 2.30. The molecule has 1 aromatic carbocycles. The van der Waals surface area contributed by atoms with Crippen LogP contribution in [0.1, 0.15) is 30.5 Å². The molecule has 2 nitrogen and oxygen atoms in total. The minimum atomic E-state index is -4.30. The summed E-state index contributed by atoms with van der Waals surface area (Å²) in [5, 5.41) is 0. The van der Waals surface area contributed by atoms with Crippen LogP contribution >= 0.6 is 0 Å². The minimum Gasteiger partial charge on any atom is -0.292 e. The molecule has 5 heteroatoms. The fourth-order valence-electron chi connectivity index (χ4n) is 2.65. The van der Waals surface area contributed by atoms with E-state index in [0.29, 0.717) is 6.54 Å². The van der Waals surface area contributed by atoms with Gasteiger partial charge in [0.05, 0.1) is 5.56 Å². The van der Waals surface area contributed by atoms with E-state index in [2.05, 4.69) is 23.2 Å². The van der Waals surface area contributed by atoms with Gasteiger partial charge in [-0.15, -0.1) is 0 Å². The lowest BCUT2D eigenvalue weighted by Crippen LogP contribution is -2.33. The topological polar surface area (TPSA) is 15.6 Å². The Hall–Kier alpha value is -1.88. The number of hydrogen-bond acceptors (Lipinski definition) is 2. The van der Waals surface area contributed by atoms with Crippen molar-refractivity contribution in [3.63, 3.8) is 0 Å². The van der Waals surface area contributed by atoms with Gasteiger partial charge in [-0.05, 0) is 36.9 Å². The molecule has 0 aliphatic carbocycles. The minimum absolute atomic E-state index is 0.0311. The average molecular weight is 308 g/mol. The highest BCUT2D eigenvalue weighted by molar-refractivity contribution is 5.36. The van der Waals surface area contributed by atoms with Crippen LogP contribution in [0.3, 0.4) is 0 Å². The Labute approximate surface area is 128 Å². The van der Waals surface area contributed by atoms with Crippen molar-refractivity contribution >= 4 is 6.72 Å². The summed E-state index contributed by atoms with van der Waals surface area (Å²) >= 11 is 0. The molecule has 1 unspecified atom stereocenters. The number of hydrogen-bond donors (Lipinski definition) is 0. The van der Waals surface area contributed by atoms with Crippen molar-refractivity contribution < 1.29 is 13.2 Å². The molecule has 1 aliphatic rings. The maximum atomic E-state index is 12.6. The summed E-state index contributed by atoms with van der Waals surface area (Å²) in [7, 11) is 0. The van der Waals surface area contributed by atoms with Gasteiger partial charge in [-0.3, -0.25) is 9.89 Å². The molecule has 0 saturated heterocycles. The summed E-state index contributed by atoms with van der Waals surface area (Å²) in [6.45, 7) is 10.8. The Kier molecular flexibility index (Phi) is 4.86. The fourth-order valence-corrected chi connectivity index (χ4v) is 2.65. The molecular weight excluding hydrogens is 289 g/mol. The standard InChI is InChI=1S/C17H19F3N2/c1-4-13-11-22(10-9-16(13)21-3)12(2)14-5-7-15(8-6-14)17(18,19)20/h4-8,12H,1,3,9-11H2,2H3. The van der Waals surface area contributed by atoms with Crippen LogP contribution < -0.4 is 0 Å². The lowest BCUT2D eigenvalue weighted by atomic mass is 10.00. The van der Waals surface area contributed by atoms with E-state index in [1.54, 1.807) is 18.2 Å². The predicted molar refractivity (Wildman–Crippen MR) is 82.8 cm³/mol. The van der Waals surface area contributed by atoms with E-state index >= 15 is 0 Å². The van der Waals surface area contributed by atoms with Crippen molar-refractivity contribution in [1.82, 2.24) is 4.90 Å². The van der Waals surface area contributed by atoms with Crippen molar-refractivity contribution in [2.24, 2.45) is 4.99 Å². The molecule has 1 aliphatic heterocycles. The normalized spacial score (nSPS) is 18.2. The first-order valence-electron chi connectivity index (χ1n) is 7.09. The van der Waals surface area contributed by atoms with Crippen LogP contribution in [0.4, 0.5) is 13.2 Å². The maximum Gasteiger partial charge on any atom is 0.416 e. The van der Waals surface area contributed by atoms with Crippen molar-refractivity contribution in [3.05, 3.63) is 59.3 Å². The molecule has 118 valence electrons. The second kappa shape index (κ2) is 6.48. The number of nitrogens with zero attached hydrogens (tertiary/aromatic N) is 2. The van der Waals surface area contributed by atoms with Crippen LogP contribution in [0.15, 0.2) is 53.2 Å². The van der Waals surface area contributed by atoms with Gasteiger partial charge in [-0.2, -0.15) is 13.2 Å². The lowest BCUT2D eigenvalue weighted by molar-refractivity contribution is -0.137. The Morgan fingerprint density at radius 3 is 2.41 bits per heavy atom. The van der Waals surface area contributed by atoms with Crippen molar-refractivity contribution in [1.29, 1.82) is 0 Å². The smallest absolute Gasteiger partial charge is 0.292 e. The van der Waals surface area contributed by atoms with Gasteiger partial charge in [0.25, 0.3) is 0 Å². The molecular formula is C17H19F3N2. The molecule has 0 radical (unpaired) electrons. The average Bonchev–Trinajstić information content (AvgIpc) is 2.52. The third-order valence-corrected chi connectivity index (χ3v) is 4.09. The first kappa shape index (κ1) is 16.5. The van der Waals surface area contributed by atoms with Gasteiger partial charge in [0.1, 0.15) is 0 Å². The fraction of sp³-hybridized carbons (Fsp3) is 0.353. The van der Waals surface area contributed by atoms with Crippen LogP contribution in [0.2, 0.25) is 0 Å². The quantitative estimate of drug-likeness (QED) is 0.741. The molecule has 2 rings (SSSR count). The zero-order chi connectivity index (χ0) is 16.3. The van der Waals surface area contributed by atoms with E-state index in [1.165, 1.54) is 0 Å². The van der Waals surface area contributed by atoms with Gasteiger partial charge in [0.15, 0.2) is 0 Å². The highest BCUT2D eigenvalue weighted by Crippen LogP contribution is 2.32. The van der Waals surface area contributed by atoms with Crippen LogP contribution in [-0.4, -0.2) is 24.7 Å². The van der Waals surface area contributed by atoms with Crippen LogP contribution in [-0.2, 0) is 6.18 Å². The van der Waals surface area contributed by atoms with Crippen LogP contribution in [0, 0.1) is 0 Å². The second-order valence-corrected chi connectivity index (χ2v) is 5.35. The van der Waals surface area contributed by atoms with Gasteiger partial charge >= 0.3 is 6.18 Å². The Morgan fingerprint density at radius 2 is 1.91 bits per heavy atom.